The Hall–Kier alpha value is -0.550. The number of rotatable bonds is 0. The van der Waals surface area contributed by atoms with Crippen molar-refractivity contribution in [3.8, 4) is 6.07 Å². The first-order valence-electron chi connectivity index (χ1n) is 3.89. The van der Waals surface area contributed by atoms with Gasteiger partial charge in [0.05, 0.1) is 12.2 Å². The Bertz CT molecular complexity index is 182. The fourth-order valence-corrected chi connectivity index (χ4v) is 2.40. The number of fused-ring (bicyclic) bond motifs is 2. The maximum absolute atomic E-state index is 9.32. The van der Waals surface area contributed by atoms with Gasteiger partial charge in [-0.25, -0.2) is 0 Å². The van der Waals surface area contributed by atoms with E-state index in [1.165, 1.54) is 0 Å². The van der Waals surface area contributed by atoms with Crippen molar-refractivity contribution in [2.45, 2.75) is 25.4 Å². The summed E-state index contributed by atoms with van der Waals surface area (Å²) >= 11 is 0. The van der Waals surface area contributed by atoms with Crippen LogP contribution in [0.15, 0.2) is 0 Å². The molecule has 10 heavy (non-hydrogen) atoms. The lowest BCUT2D eigenvalue weighted by atomic mass is 9.88. The van der Waals surface area contributed by atoms with Crippen LogP contribution in [0.3, 0.4) is 0 Å². The number of aliphatic hydroxyl groups excluding tert-OH is 1. The summed E-state index contributed by atoms with van der Waals surface area (Å²) in [4.78, 5) is 0. The van der Waals surface area contributed by atoms with E-state index in [1.807, 2.05) is 0 Å². The highest BCUT2D eigenvalue weighted by Crippen LogP contribution is 2.47. The molecule has 2 nitrogen and oxygen atoms in total. The van der Waals surface area contributed by atoms with Gasteiger partial charge in [0.25, 0.3) is 0 Å². The molecule has 2 rings (SSSR count). The predicted octanol–water partition coefficient (Wildman–Crippen LogP) is 0.917. The largest absolute Gasteiger partial charge is 0.393 e. The van der Waals surface area contributed by atoms with Crippen molar-refractivity contribution in [1.29, 1.82) is 5.26 Å². The van der Waals surface area contributed by atoms with Crippen LogP contribution in [-0.4, -0.2) is 11.2 Å². The van der Waals surface area contributed by atoms with Crippen LogP contribution in [0.4, 0.5) is 0 Å². The maximum Gasteiger partial charge on any atom is 0.0658 e. The van der Waals surface area contributed by atoms with Crippen LogP contribution in [0, 0.1) is 29.1 Å². The van der Waals surface area contributed by atoms with E-state index in [2.05, 4.69) is 6.07 Å². The van der Waals surface area contributed by atoms with Crippen molar-refractivity contribution in [2.24, 2.45) is 17.8 Å². The highest BCUT2D eigenvalue weighted by molar-refractivity contribution is 5.03. The molecule has 2 saturated carbocycles. The molecular weight excluding hydrogens is 126 g/mol. The summed E-state index contributed by atoms with van der Waals surface area (Å²) in [6.07, 6.45) is 2.83. The van der Waals surface area contributed by atoms with Crippen molar-refractivity contribution in [3.05, 3.63) is 0 Å². The third-order valence-corrected chi connectivity index (χ3v) is 2.99. The Morgan fingerprint density at radius 2 is 2.00 bits per heavy atom. The summed E-state index contributed by atoms with van der Waals surface area (Å²) in [5.41, 5.74) is 0. The zero-order chi connectivity index (χ0) is 7.14. The Labute approximate surface area is 60.5 Å². The fraction of sp³-hybridized carbons (Fsp3) is 0.875. The quantitative estimate of drug-likeness (QED) is 0.539. The van der Waals surface area contributed by atoms with Gasteiger partial charge in [-0.15, -0.1) is 0 Å². The Morgan fingerprint density at radius 3 is 2.40 bits per heavy atom. The van der Waals surface area contributed by atoms with E-state index < -0.39 is 0 Å². The van der Waals surface area contributed by atoms with Crippen LogP contribution in [0.25, 0.3) is 0 Å². The normalized spacial score (nSPS) is 51.2. The molecule has 0 aromatic carbocycles. The Balaban J connectivity index is 2.11. The molecule has 0 saturated heterocycles. The van der Waals surface area contributed by atoms with Gasteiger partial charge in [-0.3, -0.25) is 0 Å². The lowest BCUT2D eigenvalue weighted by molar-refractivity contribution is 0.104. The molecule has 54 valence electrons. The molecule has 0 radical (unpaired) electrons. The molecule has 0 amide bonds. The van der Waals surface area contributed by atoms with E-state index in [0.29, 0.717) is 11.8 Å². The summed E-state index contributed by atoms with van der Waals surface area (Å²) in [7, 11) is 0. The van der Waals surface area contributed by atoms with E-state index in [4.69, 9.17) is 5.26 Å². The van der Waals surface area contributed by atoms with Crippen molar-refractivity contribution in [1.82, 2.24) is 0 Å². The first-order valence-corrected chi connectivity index (χ1v) is 3.89. The molecule has 2 fully saturated rings. The van der Waals surface area contributed by atoms with Crippen LogP contribution < -0.4 is 0 Å². The molecular formula is C8H11NO. The summed E-state index contributed by atoms with van der Waals surface area (Å²) in [5, 5.41) is 18.0. The van der Waals surface area contributed by atoms with Crippen LogP contribution in [0.2, 0.25) is 0 Å². The number of nitrogens with zero attached hydrogens (tertiary/aromatic N) is 1. The summed E-state index contributed by atoms with van der Waals surface area (Å²) in [6, 6.07) is 2.30. The summed E-state index contributed by atoms with van der Waals surface area (Å²) in [6.45, 7) is 0. The summed E-state index contributed by atoms with van der Waals surface area (Å²) in [5.74, 6) is 1.23. The highest BCUT2D eigenvalue weighted by atomic mass is 16.3. The Morgan fingerprint density at radius 1 is 1.20 bits per heavy atom. The van der Waals surface area contributed by atoms with Crippen LogP contribution in [-0.2, 0) is 0 Å². The molecule has 2 aliphatic rings. The molecule has 2 bridgehead atoms. The number of aliphatic hydroxyl groups is 1. The third kappa shape index (κ3) is 0.674. The topological polar surface area (TPSA) is 44.0 Å². The summed E-state index contributed by atoms with van der Waals surface area (Å²) < 4.78 is 0. The fourth-order valence-electron chi connectivity index (χ4n) is 2.40. The predicted molar refractivity (Wildman–Crippen MR) is 35.9 cm³/mol. The molecule has 4 atom stereocenters. The molecule has 0 aromatic heterocycles. The van der Waals surface area contributed by atoms with Gasteiger partial charge in [0.2, 0.25) is 0 Å². The van der Waals surface area contributed by atoms with Gasteiger partial charge < -0.3 is 5.11 Å². The van der Waals surface area contributed by atoms with Crippen molar-refractivity contribution < 1.29 is 5.11 Å². The molecule has 0 spiro atoms. The van der Waals surface area contributed by atoms with Crippen LogP contribution in [0.1, 0.15) is 19.3 Å². The SMILES string of the molecule is N#CC1CC2CC1CC2O. The molecule has 0 aliphatic heterocycles. The minimum Gasteiger partial charge on any atom is -0.393 e. The first-order chi connectivity index (χ1) is 4.81. The van der Waals surface area contributed by atoms with Crippen molar-refractivity contribution in [2.75, 3.05) is 0 Å². The number of hydrogen-bond acceptors (Lipinski definition) is 2. The van der Waals surface area contributed by atoms with Crippen LogP contribution >= 0.6 is 0 Å². The number of hydrogen-bond donors (Lipinski definition) is 1. The van der Waals surface area contributed by atoms with Gasteiger partial charge in [0.1, 0.15) is 0 Å². The highest BCUT2D eigenvalue weighted by Gasteiger charge is 2.45. The second-order valence-corrected chi connectivity index (χ2v) is 3.53. The van der Waals surface area contributed by atoms with Crippen LogP contribution in [0.5, 0.6) is 0 Å². The van der Waals surface area contributed by atoms with E-state index in [1.54, 1.807) is 0 Å². The van der Waals surface area contributed by atoms with Gasteiger partial charge in [0, 0.05) is 5.92 Å². The molecule has 0 heterocycles. The van der Waals surface area contributed by atoms with Gasteiger partial charge in [-0.1, -0.05) is 0 Å². The smallest absolute Gasteiger partial charge is 0.0658 e. The van der Waals surface area contributed by atoms with E-state index in [0.717, 1.165) is 19.3 Å². The maximum atomic E-state index is 9.32. The minimum absolute atomic E-state index is 0.0883. The number of nitriles is 1. The second-order valence-electron chi connectivity index (χ2n) is 3.53. The standard InChI is InChI=1S/C8H11NO/c9-4-7-2-6-1-5(7)3-8(6)10/h5-8,10H,1-3H2. The molecule has 1 N–H and O–H groups in total. The van der Waals surface area contributed by atoms with E-state index >= 15 is 0 Å². The van der Waals surface area contributed by atoms with Crippen molar-refractivity contribution in [3.63, 3.8) is 0 Å². The zero-order valence-corrected chi connectivity index (χ0v) is 5.83. The average Bonchev–Trinajstić information content (AvgIpc) is 2.44. The van der Waals surface area contributed by atoms with Gasteiger partial charge in [-0.2, -0.15) is 5.26 Å². The lowest BCUT2D eigenvalue weighted by Gasteiger charge is -2.18. The second kappa shape index (κ2) is 1.96. The van der Waals surface area contributed by atoms with Gasteiger partial charge in [0.15, 0.2) is 0 Å². The average molecular weight is 137 g/mol. The van der Waals surface area contributed by atoms with Gasteiger partial charge in [-0.05, 0) is 31.1 Å². The van der Waals surface area contributed by atoms with E-state index in [-0.39, 0.29) is 12.0 Å². The van der Waals surface area contributed by atoms with Gasteiger partial charge >= 0.3 is 0 Å². The molecule has 4 unspecified atom stereocenters. The molecule has 2 aliphatic carbocycles. The molecule has 0 aromatic rings. The molecule has 2 heteroatoms. The monoisotopic (exact) mass is 137 g/mol. The van der Waals surface area contributed by atoms with E-state index in [9.17, 15) is 5.11 Å². The van der Waals surface area contributed by atoms with Crippen molar-refractivity contribution >= 4 is 0 Å². The minimum atomic E-state index is -0.0883. The third-order valence-electron chi connectivity index (χ3n) is 2.99. The lowest BCUT2D eigenvalue weighted by Crippen LogP contribution is -2.20. The zero-order valence-electron chi connectivity index (χ0n) is 5.83. The Kier molecular flexibility index (Phi) is 1.21. The first kappa shape index (κ1) is 6.18.